The van der Waals surface area contributed by atoms with Gasteiger partial charge in [0.2, 0.25) is 10.0 Å². The van der Waals surface area contributed by atoms with E-state index in [0.29, 0.717) is 53.8 Å². The van der Waals surface area contributed by atoms with Crippen LogP contribution in [0.5, 0.6) is 17.2 Å². The molecule has 0 spiro atoms. The first kappa shape index (κ1) is 26.3. The van der Waals surface area contributed by atoms with Gasteiger partial charge in [-0.2, -0.15) is 4.31 Å². The van der Waals surface area contributed by atoms with Crippen LogP contribution in [0.4, 0.5) is 0 Å². The van der Waals surface area contributed by atoms with Gasteiger partial charge in [0, 0.05) is 18.1 Å². The fourth-order valence-corrected chi connectivity index (χ4v) is 6.81. The second kappa shape index (κ2) is 11.2. The third-order valence-corrected chi connectivity index (χ3v) is 8.69. The van der Waals surface area contributed by atoms with Crippen LogP contribution in [0, 0.1) is 0 Å². The van der Waals surface area contributed by atoms with Crippen LogP contribution in [0.1, 0.15) is 34.7 Å². The number of benzene rings is 3. The fourth-order valence-electron chi connectivity index (χ4n) is 4.90. The zero-order valence-corrected chi connectivity index (χ0v) is 22.6. The van der Waals surface area contributed by atoms with E-state index in [0.717, 1.165) is 16.7 Å². The Balaban J connectivity index is 1.62. The molecule has 1 atom stereocenters. The molecule has 1 N–H and O–H groups in total. The number of nitrogens with zero attached hydrogens (tertiary/aromatic N) is 1. The number of ether oxygens (including phenoxy) is 3. The number of carbonyl (C=O) groups is 1. The molecular weight excluding hydrogens is 528 g/mol. The first-order valence-electron chi connectivity index (χ1n) is 12.4. The molecule has 0 saturated carbocycles. The van der Waals surface area contributed by atoms with Gasteiger partial charge >= 0.3 is 0 Å². The molecule has 0 fully saturated rings. The molecule has 6 rings (SSSR count). The SMILES string of the molecule is COc1cc2c3cc1OCC(=O)NCCCOc1cccc(c1)C2N(S(=O)(=O)Cc1cccc(Cl)c1)CC3. The van der Waals surface area contributed by atoms with Gasteiger partial charge in [-0.3, -0.25) is 4.79 Å². The Hall–Kier alpha value is -3.27. The lowest BCUT2D eigenvalue weighted by atomic mass is 9.89. The Morgan fingerprint density at radius 3 is 2.76 bits per heavy atom. The van der Waals surface area contributed by atoms with Crippen LogP contribution in [0.3, 0.4) is 0 Å². The second-order valence-corrected chi connectivity index (χ2v) is 11.6. The Morgan fingerprint density at radius 2 is 1.95 bits per heavy atom. The van der Waals surface area contributed by atoms with Gasteiger partial charge in [-0.15, -0.1) is 0 Å². The molecule has 1 unspecified atom stereocenters. The molecule has 3 aliphatic rings. The standard InChI is InChI=1S/C28H29ClN2O6S/c1-35-25-16-24-20-9-11-31(38(33,34)18-19-5-2-7-22(29)13-19)28(24)21-6-3-8-23(14-21)36-12-4-10-30-27(32)17-37-26(25)15-20/h2-3,5-8,13-16,28H,4,9-12,17-18H2,1H3,(H,30,32). The summed E-state index contributed by atoms with van der Waals surface area (Å²) in [4.78, 5) is 12.3. The van der Waals surface area contributed by atoms with Gasteiger partial charge in [0.25, 0.3) is 5.91 Å². The monoisotopic (exact) mass is 556 g/mol. The van der Waals surface area contributed by atoms with Crippen LogP contribution in [-0.4, -0.2) is 52.0 Å². The van der Waals surface area contributed by atoms with E-state index in [1.165, 1.54) is 7.11 Å². The van der Waals surface area contributed by atoms with Crippen molar-refractivity contribution in [3.8, 4) is 17.2 Å². The lowest BCUT2D eigenvalue weighted by molar-refractivity contribution is -0.123. The number of halogens is 1. The van der Waals surface area contributed by atoms with Gasteiger partial charge in [0.05, 0.1) is 25.5 Å². The summed E-state index contributed by atoms with van der Waals surface area (Å²) in [5, 5.41) is 3.31. The van der Waals surface area contributed by atoms with Gasteiger partial charge in [0.15, 0.2) is 18.1 Å². The Labute approximate surface area is 227 Å². The molecule has 38 heavy (non-hydrogen) atoms. The number of amides is 1. The first-order chi connectivity index (χ1) is 18.3. The maximum Gasteiger partial charge on any atom is 0.257 e. The average Bonchev–Trinajstić information content (AvgIpc) is 2.90. The minimum atomic E-state index is -3.76. The predicted molar refractivity (Wildman–Crippen MR) is 144 cm³/mol. The van der Waals surface area contributed by atoms with Crippen LogP contribution in [-0.2, 0) is 27.0 Å². The molecule has 3 aromatic carbocycles. The third kappa shape index (κ3) is 5.75. The van der Waals surface area contributed by atoms with E-state index < -0.39 is 16.1 Å². The molecule has 1 amide bonds. The molecule has 8 nitrogen and oxygen atoms in total. The maximum absolute atomic E-state index is 13.9. The minimum absolute atomic E-state index is 0.154. The topological polar surface area (TPSA) is 94.2 Å². The van der Waals surface area contributed by atoms with Gasteiger partial charge in [-0.25, -0.2) is 8.42 Å². The van der Waals surface area contributed by atoms with Crippen molar-refractivity contribution >= 4 is 27.5 Å². The van der Waals surface area contributed by atoms with E-state index in [4.69, 9.17) is 25.8 Å². The molecule has 0 radical (unpaired) electrons. The lowest BCUT2D eigenvalue weighted by Gasteiger charge is -2.37. The Bertz CT molecular complexity index is 1450. The van der Waals surface area contributed by atoms with Gasteiger partial charge < -0.3 is 19.5 Å². The quantitative estimate of drug-likeness (QED) is 0.520. The molecule has 6 bridgehead atoms. The third-order valence-electron chi connectivity index (χ3n) is 6.65. The van der Waals surface area contributed by atoms with E-state index in [9.17, 15) is 13.2 Å². The van der Waals surface area contributed by atoms with Crippen LogP contribution in [0.2, 0.25) is 5.02 Å². The number of hydrogen-bond acceptors (Lipinski definition) is 6. The zero-order chi connectivity index (χ0) is 26.7. The van der Waals surface area contributed by atoms with Crippen molar-refractivity contribution < 1.29 is 27.4 Å². The normalized spacial score (nSPS) is 18.3. The molecule has 0 aromatic heterocycles. The maximum atomic E-state index is 13.9. The number of carbonyl (C=O) groups excluding carboxylic acids is 1. The van der Waals surface area contributed by atoms with Crippen LogP contribution in [0.15, 0.2) is 60.7 Å². The number of hydrogen-bond donors (Lipinski definition) is 1. The van der Waals surface area contributed by atoms with Crippen molar-refractivity contribution in [3.05, 3.63) is 87.9 Å². The number of methoxy groups -OCH3 is 1. The van der Waals surface area contributed by atoms with Crippen molar-refractivity contribution in [1.82, 2.24) is 9.62 Å². The molecule has 200 valence electrons. The summed E-state index contributed by atoms with van der Waals surface area (Å²) in [5.74, 6) is 1.08. The summed E-state index contributed by atoms with van der Waals surface area (Å²) in [7, 11) is -2.24. The summed E-state index contributed by atoms with van der Waals surface area (Å²) in [6, 6.07) is 17.5. The van der Waals surface area contributed by atoms with Crippen molar-refractivity contribution in [2.24, 2.45) is 0 Å². The summed E-state index contributed by atoms with van der Waals surface area (Å²) >= 11 is 6.13. The second-order valence-electron chi connectivity index (χ2n) is 9.26. The van der Waals surface area contributed by atoms with E-state index >= 15 is 0 Å². The molecule has 10 heteroatoms. The highest BCUT2D eigenvalue weighted by atomic mass is 35.5. The van der Waals surface area contributed by atoms with Gasteiger partial charge in [0.1, 0.15) is 5.75 Å². The molecule has 3 heterocycles. The van der Waals surface area contributed by atoms with E-state index in [-0.39, 0.29) is 24.8 Å². The smallest absolute Gasteiger partial charge is 0.257 e. The Kier molecular flexibility index (Phi) is 7.78. The van der Waals surface area contributed by atoms with Gasteiger partial charge in [-0.1, -0.05) is 35.9 Å². The van der Waals surface area contributed by atoms with Crippen molar-refractivity contribution in [2.75, 3.05) is 33.4 Å². The van der Waals surface area contributed by atoms with E-state index in [1.54, 1.807) is 28.6 Å². The van der Waals surface area contributed by atoms with Crippen molar-refractivity contribution in [2.45, 2.75) is 24.6 Å². The summed E-state index contributed by atoms with van der Waals surface area (Å²) < 4.78 is 46.7. The Morgan fingerprint density at radius 1 is 1.11 bits per heavy atom. The summed E-state index contributed by atoms with van der Waals surface area (Å²) in [6.45, 7) is 0.969. The molecule has 3 aromatic rings. The van der Waals surface area contributed by atoms with Crippen molar-refractivity contribution in [1.29, 1.82) is 0 Å². The summed E-state index contributed by atoms with van der Waals surface area (Å²) in [5.41, 5.74) is 3.13. The molecule has 3 aliphatic heterocycles. The highest BCUT2D eigenvalue weighted by Gasteiger charge is 2.37. The largest absolute Gasteiger partial charge is 0.494 e. The minimum Gasteiger partial charge on any atom is -0.494 e. The first-order valence-corrected chi connectivity index (χ1v) is 14.4. The van der Waals surface area contributed by atoms with E-state index in [1.807, 2.05) is 36.4 Å². The summed E-state index contributed by atoms with van der Waals surface area (Å²) in [6.07, 6.45) is 1.09. The highest BCUT2D eigenvalue weighted by molar-refractivity contribution is 7.88. The number of nitrogens with one attached hydrogen (secondary N) is 1. The molecule has 0 aliphatic carbocycles. The predicted octanol–water partition coefficient (Wildman–Crippen LogP) is 4.10. The average molecular weight is 557 g/mol. The van der Waals surface area contributed by atoms with Crippen LogP contribution >= 0.6 is 11.6 Å². The van der Waals surface area contributed by atoms with Crippen molar-refractivity contribution in [3.63, 3.8) is 0 Å². The highest BCUT2D eigenvalue weighted by Crippen LogP contribution is 2.43. The zero-order valence-electron chi connectivity index (χ0n) is 21.0. The number of rotatable bonds is 4. The molecular formula is C28H29ClN2O6S. The van der Waals surface area contributed by atoms with Crippen LogP contribution in [0.25, 0.3) is 0 Å². The number of sulfonamides is 1. The lowest BCUT2D eigenvalue weighted by Crippen LogP contribution is -2.41. The van der Waals surface area contributed by atoms with E-state index in [2.05, 4.69) is 5.32 Å². The number of fused-ring (bicyclic) bond motifs is 8. The van der Waals surface area contributed by atoms with Gasteiger partial charge in [-0.05, 0) is 71.5 Å². The fraction of sp³-hybridized carbons (Fsp3) is 0.321. The molecule has 0 saturated heterocycles. The van der Waals surface area contributed by atoms with Crippen LogP contribution < -0.4 is 19.5 Å².